The van der Waals surface area contributed by atoms with E-state index in [4.69, 9.17) is 14.2 Å². The number of nitrogens with zero attached hydrogens (tertiary/aromatic N) is 1. The van der Waals surface area contributed by atoms with Gasteiger partial charge >= 0.3 is 5.97 Å². The van der Waals surface area contributed by atoms with Gasteiger partial charge in [-0.15, -0.1) is 0 Å². The summed E-state index contributed by atoms with van der Waals surface area (Å²) in [6.07, 6.45) is -1.34. The first-order valence-corrected chi connectivity index (χ1v) is 9.28. The molecule has 0 bridgehead atoms. The van der Waals surface area contributed by atoms with E-state index >= 15 is 0 Å². The topological polar surface area (TPSA) is 85.3 Å². The summed E-state index contributed by atoms with van der Waals surface area (Å²) < 4.78 is 16.7. The van der Waals surface area contributed by atoms with Crippen molar-refractivity contribution in [2.75, 3.05) is 26.3 Å². The maximum Gasteiger partial charge on any atom is 0.334 e. The zero-order valence-electron chi connectivity index (χ0n) is 16.7. The van der Waals surface area contributed by atoms with Crippen molar-refractivity contribution in [2.24, 2.45) is 0 Å². The van der Waals surface area contributed by atoms with Crippen LogP contribution >= 0.6 is 0 Å². The minimum Gasteiger partial charge on any atom is -0.490 e. The summed E-state index contributed by atoms with van der Waals surface area (Å²) in [5, 5.41) is 9.26. The number of ether oxygens (including phenoxy) is 3. The number of carboxylic acids is 1. The summed E-state index contributed by atoms with van der Waals surface area (Å²) in [6, 6.07) is 5.48. The van der Waals surface area contributed by atoms with Crippen molar-refractivity contribution >= 4 is 11.9 Å². The number of amides is 1. The van der Waals surface area contributed by atoms with Gasteiger partial charge in [0.05, 0.1) is 31.3 Å². The second kappa shape index (κ2) is 8.61. The molecule has 0 spiro atoms. The summed E-state index contributed by atoms with van der Waals surface area (Å²) in [5.41, 5.74) is -0.0677. The van der Waals surface area contributed by atoms with Crippen molar-refractivity contribution in [3.8, 4) is 11.5 Å². The van der Waals surface area contributed by atoms with Gasteiger partial charge in [0.1, 0.15) is 0 Å². The number of aliphatic carboxylic acids is 1. The van der Waals surface area contributed by atoms with E-state index in [0.717, 1.165) is 5.56 Å². The third-order valence-corrected chi connectivity index (χ3v) is 4.62. The highest BCUT2D eigenvalue weighted by Crippen LogP contribution is 2.35. The summed E-state index contributed by atoms with van der Waals surface area (Å²) in [5.74, 6) is 0.0288. The number of morpholine rings is 1. The molecule has 2 rings (SSSR count). The standard InChI is InChI=1S/C20H29NO6/c1-6-25-15-9-8-14(10-16(15)26-7-2)20(4,5)19(24)21-11-13(3)27-17(12-21)18(22)23/h8-10,13,17H,6-7,11-12H2,1-5H3,(H,22,23)/t13-,17?/m1/s1. The second-order valence-corrected chi connectivity index (χ2v) is 7.14. The SMILES string of the molecule is CCOc1ccc(C(C)(C)C(=O)N2CC(C(=O)O)O[C@H](C)C2)cc1OCC. The van der Waals surface area contributed by atoms with E-state index in [9.17, 15) is 14.7 Å². The number of carboxylic acid groups (broad SMARTS) is 1. The molecule has 1 aromatic rings. The molecule has 1 fully saturated rings. The molecule has 0 aromatic heterocycles. The summed E-state index contributed by atoms with van der Waals surface area (Å²) in [7, 11) is 0. The lowest BCUT2D eigenvalue weighted by molar-refractivity contribution is -0.168. The van der Waals surface area contributed by atoms with E-state index in [-0.39, 0.29) is 18.6 Å². The number of benzene rings is 1. The molecule has 7 nitrogen and oxygen atoms in total. The lowest BCUT2D eigenvalue weighted by Gasteiger charge is -2.39. The molecule has 1 aromatic carbocycles. The average molecular weight is 379 g/mol. The fourth-order valence-corrected chi connectivity index (χ4v) is 3.21. The van der Waals surface area contributed by atoms with Crippen molar-refractivity contribution in [3.63, 3.8) is 0 Å². The lowest BCUT2D eigenvalue weighted by atomic mass is 9.82. The molecule has 1 amide bonds. The van der Waals surface area contributed by atoms with Crippen molar-refractivity contribution < 1.29 is 28.9 Å². The van der Waals surface area contributed by atoms with Crippen LogP contribution < -0.4 is 9.47 Å². The van der Waals surface area contributed by atoms with Gasteiger partial charge < -0.3 is 24.2 Å². The number of carbonyl (C=O) groups excluding carboxylic acids is 1. The molecule has 2 atom stereocenters. The Kier molecular flexibility index (Phi) is 6.70. The van der Waals surface area contributed by atoms with Crippen LogP contribution in [-0.2, 0) is 19.7 Å². The zero-order valence-corrected chi connectivity index (χ0v) is 16.7. The molecule has 1 unspecified atom stereocenters. The van der Waals surface area contributed by atoms with Crippen molar-refractivity contribution in [1.29, 1.82) is 0 Å². The van der Waals surface area contributed by atoms with Crippen molar-refractivity contribution in [3.05, 3.63) is 23.8 Å². The monoisotopic (exact) mass is 379 g/mol. The number of hydrogen-bond donors (Lipinski definition) is 1. The maximum absolute atomic E-state index is 13.2. The molecular weight excluding hydrogens is 350 g/mol. The normalized spacial score (nSPS) is 20.3. The van der Waals surface area contributed by atoms with Gasteiger partial charge in [-0.25, -0.2) is 4.79 Å². The average Bonchev–Trinajstić information content (AvgIpc) is 2.62. The van der Waals surface area contributed by atoms with Crippen molar-refractivity contribution in [1.82, 2.24) is 4.90 Å². The molecule has 150 valence electrons. The van der Waals surface area contributed by atoms with Crippen LogP contribution in [0.5, 0.6) is 11.5 Å². The second-order valence-electron chi connectivity index (χ2n) is 7.14. The van der Waals surface area contributed by atoms with E-state index in [1.54, 1.807) is 17.9 Å². The smallest absolute Gasteiger partial charge is 0.334 e. The van der Waals surface area contributed by atoms with E-state index < -0.39 is 17.5 Å². The van der Waals surface area contributed by atoms with Crippen molar-refractivity contribution in [2.45, 2.75) is 52.2 Å². The van der Waals surface area contributed by atoms with E-state index in [1.807, 2.05) is 39.8 Å². The third kappa shape index (κ3) is 4.71. The Morgan fingerprint density at radius 3 is 2.41 bits per heavy atom. The highest BCUT2D eigenvalue weighted by molar-refractivity contribution is 5.88. The molecule has 27 heavy (non-hydrogen) atoms. The van der Waals surface area contributed by atoms with Crippen LogP contribution in [-0.4, -0.2) is 60.4 Å². The van der Waals surface area contributed by atoms with Crippen LogP contribution in [0.3, 0.4) is 0 Å². The maximum atomic E-state index is 13.2. The van der Waals surface area contributed by atoms with Gasteiger partial charge in [-0.3, -0.25) is 4.79 Å². The molecule has 1 aliphatic rings. The van der Waals surface area contributed by atoms with Gasteiger partial charge in [0.15, 0.2) is 17.6 Å². The van der Waals surface area contributed by atoms with Crippen LogP contribution in [0.1, 0.15) is 40.2 Å². The Labute approximate surface area is 160 Å². The molecule has 1 aliphatic heterocycles. The van der Waals surface area contributed by atoms with E-state index in [1.165, 1.54) is 0 Å². The fourth-order valence-electron chi connectivity index (χ4n) is 3.21. The van der Waals surface area contributed by atoms with Gasteiger partial charge in [0, 0.05) is 6.54 Å². The van der Waals surface area contributed by atoms with Gasteiger partial charge in [-0.05, 0) is 52.3 Å². The lowest BCUT2D eigenvalue weighted by Crippen LogP contribution is -2.55. The zero-order chi connectivity index (χ0) is 20.2. The van der Waals surface area contributed by atoms with Gasteiger partial charge in [-0.2, -0.15) is 0 Å². The third-order valence-electron chi connectivity index (χ3n) is 4.62. The number of carbonyl (C=O) groups is 2. The van der Waals surface area contributed by atoms with Crippen LogP contribution in [0, 0.1) is 0 Å². The largest absolute Gasteiger partial charge is 0.490 e. The Balaban J connectivity index is 2.29. The first kappa shape index (κ1) is 21.0. The highest BCUT2D eigenvalue weighted by Gasteiger charge is 2.39. The Morgan fingerprint density at radius 2 is 1.81 bits per heavy atom. The summed E-state index contributed by atoms with van der Waals surface area (Å²) in [6.45, 7) is 10.6. The molecule has 1 N–H and O–H groups in total. The first-order valence-electron chi connectivity index (χ1n) is 9.28. The molecule has 7 heteroatoms. The molecule has 1 saturated heterocycles. The van der Waals surface area contributed by atoms with Crippen LogP contribution in [0.15, 0.2) is 18.2 Å². The van der Waals surface area contributed by atoms with Gasteiger partial charge in [0.2, 0.25) is 5.91 Å². The van der Waals surface area contributed by atoms with E-state index in [2.05, 4.69) is 0 Å². The molecule has 0 saturated carbocycles. The number of hydrogen-bond acceptors (Lipinski definition) is 5. The molecule has 0 aliphatic carbocycles. The van der Waals surface area contributed by atoms with E-state index in [0.29, 0.717) is 31.3 Å². The predicted molar refractivity (Wildman–Crippen MR) is 100 cm³/mol. The highest BCUT2D eigenvalue weighted by atomic mass is 16.5. The quantitative estimate of drug-likeness (QED) is 0.783. The molecular formula is C20H29NO6. The predicted octanol–water partition coefficient (Wildman–Crippen LogP) is 2.46. The molecule has 1 heterocycles. The van der Waals surface area contributed by atoms with Gasteiger partial charge in [-0.1, -0.05) is 6.07 Å². The molecule has 0 radical (unpaired) electrons. The van der Waals surface area contributed by atoms with Gasteiger partial charge in [0.25, 0.3) is 0 Å². The minimum atomic E-state index is -1.06. The number of rotatable bonds is 7. The minimum absolute atomic E-state index is 0.0390. The Bertz CT molecular complexity index is 687. The first-order chi connectivity index (χ1) is 12.7. The fraction of sp³-hybridized carbons (Fsp3) is 0.600. The summed E-state index contributed by atoms with van der Waals surface area (Å²) >= 11 is 0. The Morgan fingerprint density at radius 1 is 1.19 bits per heavy atom. The van der Waals surface area contributed by atoms with Crippen LogP contribution in [0.4, 0.5) is 0 Å². The summed E-state index contributed by atoms with van der Waals surface area (Å²) in [4.78, 5) is 26.1. The van der Waals surface area contributed by atoms with Crippen LogP contribution in [0.25, 0.3) is 0 Å². The van der Waals surface area contributed by atoms with Crippen LogP contribution in [0.2, 0.25) is 0 Å². The Hall–Kier alpha value is -2.28.